The zero-order valence-corrected chi connectivity index (χ0v) is 15.0. The first-order valence-corrected chi connectivity index (χ1v) is 9.08. The van der Waals surface area contributed by atoms with E-state index >= 15 is 0 Å². The van der Waals surface area contributed by atoms with E-state index in [9.17, 15) is 14.0 Å². The first-order chi connectivity index (χ1) is 12.5. The standard InChI is InChI=1S/C20H20ClFN2O2/c21-17-12-16(10-11-18(17)22)24-20(26)14-8-6-13(7-9-14)19(25)23-15-4-2-1-3-5-15/h6-12,15H,1-5H2,(H,23,25)(H,24,26). The van der Waals surface area contributed by atoms with E-state index in [1.807, 2.05) is 0 Å². The molecule has 0 aliphatic heterocycles. The first kappa shape index (κ1) is 18.4. The van der Waals surface area contributed by atoms with Gasteiger partial charge in [-0.2, -0.15) is 0 Å². The Morgan fingerprint density at radius 3 is 2.15 bits per heavy atom. The minimum Gasteiger partial charge on any atom is -0.349 e. The molecule has 0 heterocycles. The van der Waals surface area contributed by atoms with E-state index in [4.69, 9.17) is 11.6 Å². The highest BCUT2D eigenvalue weighted by Crippen LogP contribution is 2.20. The van der Waals surface area contributed by atoms with Gasteiger partial charge in [0.2, 0.25) is 0 Å². The maximum atomic E-state index is 13.2. The second kappa shape index (κ2) is 8.32. The van der Waals surface area contributed by atoms with Crippen molar-refractivity contribution in [3.05, 3.63) is 64.4 Å². The Morgan fingerprint density at radius 2 is 1.54 bits per heavy atom. The molecule has 0 unspecified atom stereocenters. The number of anilines is 1. The first-order valence-electron chi connectivity index (χ1n) is 8.70. The van der Waals surface area contributed by atoms with Crippen LogP contribution >= 0.6 is 11.6 Å². The van der Waals surface area contributed by atoms with Gasteiger partial charge < -0.3 is 10.6 Å². The Labute approximate surface area is 156 Å². The zero-order valence-electron chi connectivity index (χ0n) is 14.2. The molecule has 2 amide bonds. The van der Waals surface area contributed by atoms with Gasteiger partial charge >= 0.3 is 0 Å². The third-order valence-corrected chi connectivity index (χ3v) is 4.82. The average Bonchev–Trinajstić information content (AvgIpc) is 2.65. The van der Waals surface area contributed by atoms with Crippen LogP contribution < -0.4 is 10.6 Å². The summed E-state index contributed by atoms with van der Waals surface area (Å²) in [6.45, 7) is 0. The van der Waals surface area contributed by atoms with Crippen molar-refractivity contribution < 1.29 is 14.0 Å². The summed E-state index contributed by atoms with van der Waals surface area (Å²) in [5.41, 5.74) is 1.33. The van der Waals surface area contributed by atoms with E-state index in [2.05, 4.69) is 10.6 Å². The summed E-state index contributed by atoms with van der Waals surface area (Å²) >= 11 is 5.71. The highest BCUT2D eigenvalue weighted by molar-refractivity contribution is 6.31. The molecule has 26 heavy (non-hydrogen) atoms. The third-order valence-electron chi connectivity index (χ3n) is 4.53. The smallest absolute Gasteiger partial charge is 0.255 e. The van der Waals surface area contributed by atoms with Crippen molar-refractivity contribution in [2.24, 2.45) is 0 Å². The summed E-state index contributed by atoms with van der Waals surface area (Å²) in [6, 6.07) is 10.7. The van der Waals surface area contributed by atoms with Crippen molar-refractivity contribution in [2.75, 3.05) is 5.32 Å². The molecular formula is C20H20ClFN2O2. The number of halogens is 2. The van der Waals surface area contributed by atoms with E-state index in [-0.39, 0.29) is 22.9 Å². The van der Waals surface area contributed by atoms with Crippen LogP contribution in [0.2, 0.25) is 5.02 Å². The average molecular weight is 375 g/mol. The predicted molar refractivity (Wildman–Crippen MR) is 100 cm³/mol. The fourth-order valence-corrected chi connectivity index (χ4v) is 3.25. The summed E-state index contributed by atoms with van der Waals surface area (Å²) in [6.07, 6.45) is 5.57. The number of carbonyl (C=O) groups is 2. The Bertz CT molecular complexity index is 802. The molecule has 0 bridgehead atoms. The molecular weight excluding hydrogens is 355 g/mol. The molecule has 0 spiro atoms. The van der Waals surface area contributed by atoms with Gasteiger partial charge in [-0.1, -0.05) is 30.9 Å². The lowest BCUT2D eigenvalue weighted by atomic mass is 9.95. The minimum absolute atomic E-state index is 0.0578. The molecule has 3 rings (SSSR count). The summed E-state index contributed by atoms with van der Waals surface area (Å²) < 4.78 is 13.2. The largest absolute Gasteiger partial charge is 0.349 e. The van der Waals surface area contributed by atoms with E-state index < -0.39 is 5.82 Å². The van der Waals surface area contributed by atoms with Gasteiger partial charge in [-0.25, -0.2) is 4.39 Å². The molecule has 1 aliphatic carbocycles. The number of hydrogen-bond donors (Lipinski definition) is 2. The van der Waals surface area contributed by atoms with Crippen molar-refractivity contribution in [1.29, 1.82) is 0 Å². The van der Waals surface area contributed by atoms with Crippen molar-refractivity contribution in [2.45, 2.75) is 38.1 Å². The second-order valence-corrected chi connectivity index (χ2v) is 6.88. The minimum atomic E-state index is -0.544. The van der Waals surface area contributed by atoms with E-state index in [1.54, 1.807) is 24.3 Å². The molecule has 1 saturated carbocycles. The van der Waals surface area contributed by atoms with Gasteiger partial charge in [-0.15, -0.1) is 0 Å². The zero-order chi connectivity index (χ0) is 18.5. The fourth-order valence-electron chi connectivity index (χ4n) is 3.07. The molecule has 2 aromatic rings. The van der Waals surface area contributed by atoms with Gasteiger partial charge in [0.05, 0.1) is 5.02 Å². The highest BCUT2D eigenvalue weighted by Gasteiger charge is 2.17. The lowest BCUT2D eigenvalue weighted by Crippen LogP contribution is -2.36. The van der Waals surface area contributed by atoms with Gasteiger partial charge in [0.25, 0.3) is 11.8 Å². The van der Waals surface area contributed by atoms with E-state index in [0.29, 0.717) is 16.8 Å². The van der Waals surface area contributed by atoms with Crippen LogP contribution in [-0.2, 0) is 0 Å². The van der Waals surface area contributed by atoms with Crippen molar-refractivity contribution in [3.63, 3.8) is 0 Å². The number of hydrogen-bond acceptors (Lipinski definition) is 2. The summed E-state index contributed by atoms with van der Waals surface area (Å²) in [7, 11) is 0. The summed E-state index contributed by atoms with van der Waals surface area (Å²) in [5, 5.41) is 5.64. The molecule has 1 fully saturated rings. The predicted octanol–water partition coefficient (Wildman–Crippen LogP) is 4.79. The number of amides is 2. The second-order valence-electron chi connectivity index (χ2n) is 6.47. The number of benzene rings is 2. The van der Waals surface area contributed by atoms with Crippen LogP contribution in [0.25, 0.3) is 0 Å². The van der Waals surface area contributed by atoms with Crippen LogP contribution in [0.1, 0.15) is 52.8 Å². The van der Waals surface area contributed by atoms with Gasteiger partial charge in [0.15, 0.2) is 0 Å². The Balaban J connectivity index is 1.61. The van der Waals surface area contributed by atoms with Crippen LogP contribution in [0, 0.1) is 5.82 Å². The maximum Gasteiger partial charge on any atom is 0.255 e. The van der Waals surface area contributed by atoms with Crippen LogP contribution in [0.5, 0.6) is 0 Å². The summed E-state index contributed by atoms with van der Waals surface area (Å²) in [4.78, 5) is 24.6. The normalized spacial score (nSPS) is 14.7. The number of nitrogens with one attached hydrogen (secondary N) is 2. The fraction of sp³-hybridized carbons (Fsp3) is 0.300. The SMILES string of the molecule is O=C(Nc1ccc(F)c(Cl)c1)c1ccc(C(=O)NC2CCCCC2)cc1. The monoisotopic (exact) mass is 374 g/mol. The van der Waals surface area contributed by atoms with Crippen molar-refractivity contribution in [3.8, 4) is 0 Å². The maximum absolute atomic E-state index is 13.2. The van der Waals surface area contributed by atoms with Crippen LogP contribution in [0.3, 0.4) is 0 Å². The van der Waals surface area contributed by atoms with Crippen LogP contribution in [0.15, 0.2) is 42.5 Å². The molecule has 0 radical (unpaired) electrons. The molecule has 1 aliphatic rings. The van der Waals surface area contributed by atoms with E-state index in [0.717, 1.165) is 25.7 Å². The highest BCUT2D eigenvalue weighted by atomic mass is 35.5. The topological polar surface area (TPSA) is 58.2 Å². The molecule has 6 heteroatoms. The van der Waals surface area contributed by atoms with Crippen LogP contribution in [0.4, 0.5) is 10.1 Å². The Morgan fingerprint density at radius 1 is 0.923 bits per heavy atom. The molecule has 2 aromatic carbocycles. The Hall–Kier alpha value is -2.40. The van der Waals surface area contributed by atoms with Crippen molar-refractivity contribution in [1.82, 2.24) is 5.32 Å². The molecule has 4 nitrogen and oxygen atoms in total. The van der Waals surface area contributed by atoms with Crippen molar-refractivity contribution >= 4 is 29.1 Å². The number of rotatable bonds is 4. The lowest BCUT2D eigenvalue weighted by molar-refractivity contribution is 0.0926. The number of carbonyl (C=O) groups excluding carboxylic acids is 2. The quantitative estimate of drug-likeness (QED) is 0.808. The molecule has 136 valence electrons. The lowest BCUT2D eigenvalue weighted by Gasteiger charge is -2.22. The van der Waals surface area contributed by atoms with Gasteiger partial charge in [0, 0.05) is 22.9 Å². The van der Waals surface area contributed by atoms with Gasteiger partial charge in [-0.3, -0.25) is 9.59 Å². The van der Waals surface area contributed by atoms with Crippen LogP contribution in [-0.4, -0.2) is 17.9 Å². The molecule has 0 aromatic heterocycles. The van der Waals surface area contributed by atoms with Gasteiger partial charge in [0.1, 0.15) is 5.82 Å². The molecule has 0 atom stereocenters. The van der Waals surface area contributed by atoms with Gasteiger partial charge in [-0.05, 0) is 55.3 Å². The molecule has 0 saturated heterocycles. The Kier molecular flexibility index (Phi) is 5.89. The molecule has 2 N–H and O–H groups in total. The van der Waals surface area contributed by atoms with E-state index in [1.165, 1.54) is 24.6 Å². The third kappa shape index (κ3) is 4.61. The summed E-state index contributed by atoms with van der Waals surface area (Å²) in [5.74, 6) is -1.01.